The third-order valence-electron chi connectivity index (χ3n) is 10.3. The van der Waals surface area contributed by atoms with Crippen molar-refractivity contribution < 1.29 is 19.1 Å². The number of nitrogens with two attached hydrogens (primary N) is 1. The summed E-state index contributed by atoms with van der Waals surface area (Å²) in [6.07, 6.45) is 5.24. The lowest BCUT2D eigenvalue weighted by Gasteiger charge is -2.32. The van der Waals surface area contributed by atoms with Crippen LogP contribution in [0.2, 0.25) is 0 Å². The number of fused-ring (bicyclic) bond motifs is 4. The van der Waals surface area contributed by atoms with Crippen molar-refractivity contribution in [3.63, 3.8) is 0 Å². The van der Waals surface area contributed by atoms with Crippen LogP contribution in [0.1, 0.15) is 66.8 Å². The number of aryl methyl sites for hydroxylation is 1. The van der Waals surface area contributed by atoms with E-state index >= 15 is 0 Å². The van der Waals surface area contributed by atoms with Crippen molar-refractivity contribution in [2.75, 3.05) is 26.9 Å². The van der Waals surface area contributed by atoms with E-state index in [0.717, 1.165) is 59.6 Å². The average Bonchev–Trinajstić information content (AvgIpc) is 3.35. The lowest BCUT2D eigenvalue weighted by Crippen LogP contribution is -2.43. The van der Waals surface area contributed by atoms with Crippen LogP contribution in [0.5, 0.6) is 5.88 Å². The minimum absolute atomic E-state index is 0.000832. The Morgan fingerprint density at radius 3 is 2.70 bits per heavy atom. The van der Waals surface area contributed by atoms with Crippen molar-refractivity contribution in [1.82, 2.24) is 28.7 Å². The fourth-order valence-electron chi connectivity index (χ4n) is 7.71. The molecule has 2 N–H and O–H groups in total. The molecule has 8 rings (SSSR count). The molecule has 1 aliphatic carbocycles. The van der Waals surface area contributed by atoms with E-state index in [1.165, 1.54) is 12.8 Å². The summed E-state index contributed by atoms with van der Waals surface area (Å²) in [4.78, 5) is 40.5. The number of aromatic nitrogens is 4. The number of pyridine rings is 2. The maximum Gasteiger partial charge on any atom is 0.254 e. The summed E-state index contributed by atoms with van der Waals surface area (Å²) < 4.78 is 15.5. The zero-order valence-corrected chi connectivity index (χ0v) is 25.5. The van der Waals surface area contributed by atoms with Crippen LogP contribution in [0.15, 0.2) is 30.3 Å². The number of hydrogen-bond acceptors (Lipinski definition) is 7. The number of morpholine rings is 1. The van der Waals surface area contributed by atoms with E-state index in [1.807, 2.05) is 46.2 Å². The summed E-state index contributed by atoms with van der Waals surface area (Å²) in [6, 6.07) is 10.2. The summed E-state index contributed by atoms with van der Waals surface area (Å²) in [5.74, 6) is 1.17. The average molecular weight is 598 g/mol. The minimum Gasteiger partial charge on any atom is -0.482 e. The second kappa shape index (κ2) is 10.3. The third kappa shape index (κ3) is 4.31. The lowest BCUT2D eigenvalue weighted by atomic mass is 9.97. The molecule has 3 aliphatic heterocycles. The van der Waals surface area contributed by atoms with Gasteiger partial charge >= 0.3 is 0 Å². The largest absolute Gasteiger partial charge is 0.482 e. The second-order valence-corrected chi connectivity index (χ2v) is 13.0. The first-order valence-electron chi connectivity index (χ1n) is 15.9. The van der Waals surface area contributed by atoms with Crippen LogP contribution in [-0.2, 0) is 16.1 Å². The van der Waals surface area contributed by atoms with Gasteiger partial charge in [-0.2, -0.15) is 0 Å². The van der Waals surface area contributed by atoms with Gasteiger partial charge < -0.3 is 29.6 Å². The summed E-state index contributed by atoms with van der Waals surface area (Å²) in [5.41, 5.74) is 12.1. The number of carbonyl (C=O) groups excluding carboxylic acids is 2. The first-order valence-corrected chi connectivity index (χ1v) is 15.9. The minimum atomic E-state index is -0.152. The molecule has 3 saturated heterocycles. The number of rotatable bonds is 7. The molecule has 4 aliphatic rings. The summed E-state index contributed by atoms with van der Waals surface area (Å²) >= 11 is 0. The Balaban J connectivity index is 1.21. The number of ether oxygens (including phenoxy) is 2. The molecule has 2 amide bonds. The molecule has 44 heavy (non-hydrogen) atoms. The Morgan fingerprint density at radius 1 is 1.16 bits per heavy atom. The predicted octanol–water partition coefficient (Wildman–Crippen LogP) is 3.70. The quantitative estimate of drug-likeness (QED) is 0.345. The fourth-order valence-corrected chi connectivity index (χ4v) is 7.71. The van der Waals surface area contributed by atoms with E-state index in [4.69, 9.17) is 25.2 Å². The molecule has 0 unspecified atom stereocenters. The van der Waals surface area contributed by atoms with Gasteiger partial charge in [-0.1, -0.05) is 0 Å². The summed E-state index contributed by atoms with van der Waals surface area (Å²) in [5, 5.41) is 1.03. The second-order valence-electron chi connectivity index (χ2n) is 13.0. The highest BCUT2D eigenvalue weighted by Gasteiger charge is 2.47. The highest BCUT2D eigenvalue weighted by Crippen LogP contribution is 2.40. The molecular weight excluding hydrogens is 558 g/mol. The molecule has 7 heterocycles. The Labute approximate surface area is 255 Å². The van der Waals surface area contributed by atoms with Crippen molar-refractivity contribution in [3.05, 3.63) is 47.3 Å². The highest BCUT2D eigenvalue weighted by molar-refractivity contribution is 5.97. The third-order valence-corrected chi connectivity index (χ3v) is 10.3. The van der Waals surface area contributed by atoms with Gasteiger partial charge in [0, 0.05) is 48.2 Å². The molecule has 4 aromatic heterocycles. The molecule has 4 fully saturated rings. The maximum absolute atomic E-state index is 13.8. The van der Waals surface area contributed by atoms with E-state index in [1.54, 1.807) is 7.11 Å². The van der Waals surface area contributed by atoms with E-state index in [2.05, 4.69) is 16.7 Å². The van der Waals surface area contributed by atoms with Crippen LogP contribution in [-0.4, -0.2) is 85.5 Å². The molecule has 0 spiro atoms. The number of nitrogens with zero attached hydrogens (tertiary/aromatic N) is 6. The van der Waals surface area contributed by atoms with E-state index in [9.17, 15) is 9.59 Å². The first-order chi connectivity index (χ1) is 21.3. The molecule has 11 heteroatoms. The van der Waals surface area contributed by atoms with E-state index in [-0.39, 0.29) is 42.6 Å². The number of imidazole rings is 1. The number of hydrogen-bond donors (Lipinski definition) is 1. The molecule has 4 aromatic rings. The number of amides is 2. The van der Waals surface area contributed by atoms with Gasteiger partial charge in [-0.25, -0.2) is 9.97 Å². The van der Waals surface area contributed by atoms with Crippen LogP contribution in [0, 0.1) is 12.8 Å². The Hall–Kier alpha value is -3.96. The van der Waals surface area contributed by atoms with Crippen molar-refractivity contribution in [1.29, 1.82) is 0 Å². The summed E-state index contributed by atoms with van der Waals surface area (Å²) in [6.45, 7) is 6.15. The standard InChI is InChI=1S/C33H39N7O4/c1-18(37-10-11-44-17-29(37)41)25-8-6-21-12-27(38(32(21)35-25)16-20-4-5-20)31-19(2)39-28(36-31)13-22(14-30(39)43-3)33(42)40-23-7-9-26(40)24(34)15-23/h6,8,12-14,18,20,23-24,26H,4-5,7,9-11,15-17,34H2,1-3H3/t18-,23+,24-,26-/m1/s1. The molecule has 0 aromatic carbocycles. The molecule has 4 atom stereocenters. The Kier molecular flexibility index (Phi) is 6.46. The Morgan fingerprint density at radius 2 is 2.00 bits per heavy atom. The van der Waals surface area contributed by atoms with Gasteiger partial charge in [-0.05, 0) is 76.1 Å². The Bertz CT molecular complexity index is 1810. The van der Waals surface area contributed by atoms with Gasteiger partial charge in [0.25, 0.3) is 5.91 Å². The van der Waals surface area contributed by atoms with Gasteiger partial charge in [-0.3, -0.25) is 14.0 Å². The van der Waals surface area contributed by atoms with Crippen LogP contribution >= 0.6 is 0 Å². The number of methoxy groups -OCH3 is 1. The molecule has 11 nitrogen and oxygen atoms in total. The van der Waals surface area contributed by atoms with Crippen molar-refractivity contribution >= 4 is 28.5 Å². The van der Waals surface area contributed by atoms with Gasteiger partial charge in [0.2, 0.25) is 5.91 Å². The smallest absolute Gasteiger partial charge is 0.254 e. The van der Waals surface area contributed by atoms with E-state index in [0.29, 0.717) is 36.2 Å². The van der Waals surface area contributed by atoms with E-state index < -0.39 is 0 Å². The number of carbonyl (C=O) groups is 2. The topological polar surface area (TPSA) is 120 Å². The highest BCUT2D eigenvalue weighted by atomic mass is 16.5. The van der Waals surface area contributed by atoms with Crippen molar-refractivity contribution in [3.8, 4) is 17.3 Å². The molecular formula is C33H39N7O4. The zero-order valence-electron chi connectivity index (χ0n) is 25.5. The van der Waals surface area contributed by atoms with Crippen LogP contribution in [0.3, 0.4) is 0 Å². The summed E-state index contributed by atoms with van der Waals surface area (Å²) in [7, 11) is 1.63. The molecule has 0 radical (unpaired) electrons. The normalized spacial score (nSPS) is 24.2. The zero-order chi connectivity index (χ0) is 30.3. The van der Waals surface area contributed by atoms with Gasteiger partial charge in [0.15, 0.2) is 5.88 Å². The molecule has 230 valence electrons. The monoisotopic (exact) mass is 597 g/mol. The van der Waals surface area contributed by atoms with Crippen LogP contribution in [0.25, 0.3) is 28.1 Å². The van der Waals surface area contributed by atoms with Gasteiger partial charge in [0.1, 0.15) is 23.6 Å². The molecule has 2 bridgehead atoms. The first kappa shape index (κ1) is 27.6. The SMILES string of the molecule is COc1cc(C(=O)N2[C@H]3CC[C@@H]2[C@H](N)C3)cc2nc(-c3cc4ccc([C@@H](C)N5CCOCC5=O)nc4n3CC3CC3)c(C)n12. The fraction of sp³-hybridized carbons (Fsp3) is 0.515. The maximum atomic E-state index is 13.8. The van der Waals surface area contributed by atoms with Crippen LogP contribution < -0.4 is 10.5 Å². The molecule has 1 saturated carbocycles. The van der Waals surface area contributed by atoms with Crippen molar-refractivity contribution in [2.45, 2.75) is 76.7 Å². The van der Waals surface area contributed by atoms with Crippen LogP contribution in [0.4, 0.5) is 0 Å². The predicted molar refractivity (Wildman–Crippen MR) is 164 cm³/mol. The van der Waals surface area contributed by atoms with Gasteiger partial charge in [-0.15, -0.1) is 0 Å². The van der Waals surface area contributed by atoms with Crippen molar-refractivity contribution in [2.24, 2.45) is 11.7 Å². The van der Waals surface area contributed by atoms with Gasteiger partial charge in [0.05, 0.1) is 36.8 Å². The lowest BCUT2D eigenvalue weighted by molar-refractivity contribution is -0.145.